The average molecular weight is 281 g/mol. The smallest absolute Gasteiger partial charge is 0.183 e. The molecule has 0 saturated heterocycles. The fraction of sp³-hybridized carbons (Fsp3) is 0.0588. The molecule has 104 valence electrons. The van der Waals surface area contributed by atoms with Crippen LogP contribution < -0.4 is 0 Å². The molecule has 0 aliphatic carbocycles. The SMILES string of the molecule is O=Cc1cccc(CC(=O)c2cc3cc(F)ccc3[nH]2)c1. The molecule has 3 nitrogen and oxygen atoms in total. The standard InChI is InChI=1S/C17H12FNO2/c18-14-4-5-15-13(8-14)9-16(19-15)17(21)7-11-2-1-3-12(6-11)10-20/h1-6,8-10,19H,7H2. The van der Waals surface area contributed by atoms with E-state index in [0.717, 1.165) is 17.4 Å². The van der Waals surface area contributed by atoms with E-state index in [1.807, 2.05) is 0 Å². The number of aromatic amines is 1. The molecule has 1 aromatic heterocycles. The lowest BCUT2D eigenvalue weighted by Gasteiger charge is -2.00. The normalized spacial score (nSPS) is 10.7. The highest BCUT2D eigenvalue weighted by Crippen LogP contribution is 2.18. The molecule has 2 aromatic carbocycles. The number of aromatic nitrogens is 1. The fourth-order valence-corrected chi connectivity index (χ4v) is 2.31. The zero-order valence-electron chi connectivity index (χ0n) is 11.1. The Morgan fingerprint density at radius 1 is 1.14 bits per heavy atom. The summed E-state index contributed by atoms with van der Waals surface area (Å²) in [6.07, 6.45) is 0.941. The minimum atomic E-state index is -0.334. The van der Waals surface area contributed by atoms with Gasteiger partial charge in [-0.2, -0.15) is 0 Å². The Balaban J connectivity index is 1.87. The number of halogens is 1. The Hall–Kier alpha value is -2.75. The molecule has 0 bridgehead atoms. The molecule has 0 aliphatic heterocycles. The molecular weight excluding hydrogens is 269 g/mol. The van der Waals surface area contributed by atoms with Gasteiger partial charge in [-0.1, -0.05) is 18.2 Å². The van der Waals surface area contributed by atoms with E-state index in [0.29, 0.717) is 16.6 Å². The third-order valence-electron chi connectivity index (χ3n) is 3.34. The maximum absolute atomic E-state index is 13.1. The van der Waals surface area contributed by atoms with Crippen molar-refractivity contribution in [1.82, 2.24) is 4.98 Å². The summed E-state index contributed by atoms with van der Waals surface area (Å²) in [5.74, 6) is -0.436. The summed E-state index contributed by atoms with van der Waals surface area (Å²) in [5.41, 5.74) is 2.47. The molecular formula is C17H12FNO2. The Bertz CT molecular complexity index is 836. The van der Waals surface area contributed by atoms with Crippen molar-refractivity contribution in [2.45, 2.75) is 6.42 Å². The van der Waals surface area contributed by atoms with Crippen LogP contribution in [-0.4, -0.2) is 17.1 Å². The quantitative estimate of drug-likeness (QED) is 0.587. The molecule has 0 radical (unpaired) electrons. The van der Waals surface area contributed by atoms with Crippen molar-refractivity contribution < 1.29 is 14.0 Å². The molecule has 0 atom stereocenters. The van der Waals surface area contributed by atoms with Crippen molar-refractivity contribution >= 4 is 23.0 Å². The van der Waals surface area contributed by atoms with Gasteiger partial charge < -0.3 is 4.98 Å². The highest BCUT2D eigenvalue weighted by Gasteiger charge is 2.11. The van der Waals surface area contributed by atoms with Gasteiger partial charge in [0.2, 0.25) is 0 Å². The summed E-state index contributed by atoms with van der Waals surface area (Å²) < 4.78 is 13.1. The molecule has 0 spiro atoms. The second kappa shape index (κ2) is 5.32. The lowest BCUT2D eigenvalue weighted by atomic mass is 10.0. The van der Waals surface area contributed by atoms with Gasteiger partial charge in [0, 0.05) is 22.9 Å². The summed E-state index contributed by atoms with van der Waals surface area (Å²) in [4.78, 5) is 26.0. The van der Waals surface area contributed by atoms with Crippen LogP contribution in [0.5, 0.6) is 0 Å². The Morgan fingerprint density at radius 2 is 2.00 bits per heavy atom. The number of H-pyrrole nitrogens is 1. The van der Waals surface area contributed by atoms with Crippen LogP contribution in [0.1, 0.15) is 26.4 Å². The first-order chi connectivity index (χ1) is 10.2. The van der Waals surface area contributed by atoms with Gasteiger partial charge in [0.05, 0.1) is 5.69 Å². The van der Waals surface area contributed by atoms with Crippen molar-refractivity contribution in [2.75, 3.05) is 0 Å². The molecule has 1 heterocycles. The summed E-state index contributed by atoms with van der Waals surface area (Å²) in [5, 5.41) is 0.667. The number of fused-ring (bicyclic) bond motifs is 1. The monoisotopic (exact) mass is 281 g/mol. The van der Waals surface area contributed by atoms with Crippen molar-refractivity contribution in [3.8, 4) is 0 Å². The van der Waals surface area contributed by atoms with E-state index in [1.165, 1.54) is 12.1 Å². The number of carbonyl (C=O) groups is 2. The molecule has 0 aliphatic rings. The van der Waals surface area contributed by atoms with Gasteiger partial charge in [0.25, 0.3) is 0 Å². The molecule has 21 heavy (non-hydrogen) atoms. The molecule has 3 rings (SSSR count). The van der Waals surface area contributed by atoms with Gasteiger partial charge in [-0.15, -0.1) is 0 Å². The number of benzene rings is 2. The first kappa shape index (κ1) is 13.2. The van der Waals surface area contributed by atoms with Crippen LogP contribution in [0, 0.1) is 5.82 Å². The lowest BCUT2D eigenvalue weighted by molar-refractivity contribution is 0.0988. The van der Waals surface area contributed by atoms with Gasteiger partial charge in [-0.25, -0.2) is 4.39 Å². The molecule has 4 heteroatoms. The van der Waals surface area contributed by atoms with E-state index in [2.05, 4.69) is 4.98 Å². The maximum atomic E-state index is 13.1. The van der Waals surface area contributed by atoms with Gasteiger partial charge >= 0.3 is 0 Å². The van der Waals surface area contributed by atoms with Crippen LogP contribution in [0.25, 0.3) is 10.9 Å². The van der Waals surface area contributed by atoms with E-state index < -0.39 is 0 Å². The van der Waals surface area contributed by atoms with Crippen molar-refractivity contribution in [2.24, 2.45) is 0 Å². The predicted molar refractivity (Wildman–Crippen MR) is 78.1 cm³/mol. The second-order valence-corrected chi connectivity index (χ2v) is 4.88. The average Bonchev–Trinajstić information content (AvgIpc) is 2.90. The Kier molecular flexibility index (Phi) is 3.36. The number of aldehydes is 1. The van der Waals surface area contributed by atoms with Crippen LogP contribution >= 0.6 is 0 Å². The summed E-state index contributed by atoms with van der Waals surface area (Å²) >= 11 is 0. The number of hydrogen-bond acceptors (Lipinski definition) is 2. The first-order valence-electron chi connectivity index (χ1n) is 6.51. The second-order valence-electron chi connectivity index (χ2n) is 4.88. The molecule has 0 unspecified atom stereocenters. The highest BCUT2D eigenvalue weighted by atomic mass is 19.1. The largest absolute Gasteiger partial charge is 0.352 e. The van der Waals surface area contributed by atoms with Gasteiger partial charge in [0.15, 0.2) is 5.78 Å². The topological polar surface area (TPSA) is 49.9 Å². The third kappa shape index (κ3) is 2.74. The number of ketones is 1. The predicted octanol–water partition coefficient (Wildman–Crippen LogP) is 3.54. The van der Waals surface area contributed by atoms with E-state index in [4.69, 9.17) is 0 Å². The maximum Gasteiger partial charge on any atom is 0.183 e. The fourth-order valence-electron chi connectivity index (χ4n) is 2.31. The van der Waals surface area contributed by atoms with Crippen LogP contribution in [-0.2, 0) is 6.42 Å². The molecule has 0 amide bonds. The zero-order valence-corrected chi connectivity index (χ0v) is 11.1. The third-order valence-corrected chi connectivity index (χ3v) is 3.34. The zero-order chi connectivity index (χ0) is 14.8. The number of carbonyl (C=O) groups excluding carboxylic acids is 2. The van der Waals surface area contributed by atoms with Crippen molar-refractivity contribution in [3.63, 3.8) is 0 Å². The number of hydrogen-bond donors (Lipinski definition) is 1. The van der Waals surface area contributed by atoms with Crippen LogP contribution in [0.3, 0.4) is 0 Å². The first-order valence-corrected chi connectivity index (χ1v) is 6.51. The van der Waals surface area contributed by atoms with Crippen LogP contribution in [0.15, 0.2) is 48.5 Å². The van der Waals surface area contributed by atoms with Crippen LogP contribution in [0.4, 0.5) is 4.39 Å². The van der Waals surface area contributed by atoms with Gasteiger partial charge in [-0.05, 0) is 35.9 Å². The summed E-state index contributed by atoms with van der Waals surface area (Å²) in [6, 6.07) is 12.9. The van der Waals surface area contributed by atoms with E-state index >= 15 is 0 Å². The van der Waals surface area contributed by atoms with Crippen LogP contribution in [0.2, 0.25) is 0 Å². The molecule has 0 fully saturated rings. The minimum absolute atomic E-state index is 0.102. The Labute approximate surface area is 120 Å². The summed E-state index contributed by atoms with van der Waals surface area (Å²) in [7, 11) is 0. The number of Topliss-reactive ketones (excluding diaryl/α,β-unsaturated/α-hetero) is 1. The van der Waals surface area contributed by atoms with E-state index in [9.17, 15) is 14.0 Å². The number of nitrogens with one attached hydrogen (secondary N) is 1. The van der Waals surface area contributed by atoms with Gasteiger partial charge in [-0.3, -0.25) is 9.59 Å². The van der Waals surface area contributed by atoms with Crippen molar-refractivity contribution in [3.05, 3.63) is 71.2 Å². The van der Waals surface area contributed by atoms with E-state index in [-0.39, 0.29) is 18.0 Å². The number of rotatable bonds is 4. The molecule has 3 aromatic rings. The highest BCUT2D eigenvalue weighted by molar-refractivity contribution is 6.00. The Morgan fingerprint density at radius 3 is 2.81 bits per heavy atom. The van der Waals surface area contributed by atoms with Gasteiger partial charge in [0.1, 0.15) is 12.1 Å². The molecule has 1 N–H and O–H groups in total. The summed E-state index contributed by atoms with van der Waals surface area (Å²) in [6.45, 7) is 0. The minimum Gasteiger partial charge on any atom is -0.352 e. The molecule has 0 saturated carbocycles. The van der Waals surface area contributed by atoms with Crippen molar-refractivity contribution in [1.29, 1.82) is 0 Å². The van der Waals surface area contributed by atoms with E-state index in [1.54, 1.807) is 36.4 Å². The lowest BCUT2D eigenvalue weighted by Crippen LogP contribution is -2.04.